The first-order valence-electron chi connectivity index (χ1n) is 1.76. The first-order valence-corrected chi connectivity index (χ1v) is 1.76. The SMILES string of the molecule is N.Oc1ccoc1O. The molecule has 0 saturated heterocycles. The molecule has 0 aromatic carbocycles. The molecule has 0 fully saturated rings. The van der Waals surface area contributed by atoms with Gasteiger partial charge in [0.2, 0.25) is 5.75 Å². The van der Waals surface area contributed by atoms with Crippen LogP contribution in [0.1, 0.15) is 0 Å². The van der Waals surface area contributed by atoms with Gasteiger partial charge in [-0.1, -0.05) is 0 Å². The summed E-state index contributed by atoms with van der Waals surface area (Å²) >= 11 is 0. The minimum atomic E-state index is -0.431. The van der Waals surface area contributed by atoms with E-state index in [4.69, 9.17) is 10.2 Å². The van der Waals surface area contributed by atoms with Gasteiger partial charge in [0.15, 0.2) is 0 Å². The molecule has 4 heteroatoms. The van der Waals surface area contributed by atoms with Gasteiger partial charge in [0.1, 0.15) is 0 Å². The second-order valence-corrected chi connectivity index (χ2v) is 1.11. The molecule has 1 heterocycles. The average Bonchev–Trinajstić information content (AvgIpc) is 1.91. The zero-order valence-electron chi connectivity index (χ0n) is 4.16. The van der Waals surface area contributed by atoms with Crippen LogP contribution in [0.3, 0.4) is 0 Å². The van der Waals surface area contributed by atoms with Gasteiger partial charge >= 0.3 is 5.95 Å². The fourth-order valence-corrected chi connectivity index (χ4v) is 0.295. The van der Waals surface area contributed by atoms with Crippen molar-refractivity contribution in [2.45, 2.75) is 0 Å². The normalized spacial score (nSPS) is 8.00. The van der Waals surface area contributed by atoms with Crippen LogP contribution >= 0.6 is 0 Å². The van der Waals surface area contributed by atoms with Crippen molar-refractivity contribution in [1.82, 2.24) is 6.15 Å². The maximum absolute atomic E-state index is 8.42. The molecule has 4 nitrogen and oxygen atoms in total. The fraction of sp³-hybridized carbons (Fsp3) is 0. The maximum Gasteiger partial charge on any atom is 0.325 e. The maximum atomic E-state index is 8.42. The molecular formula is C4H7NO3. The van der Waals surface area contributed by atoms with Gasteiger partial charge in [-0.05, 0) is 0 Å². The number of hydrogen-bond acceptors (Lipinski definition) is 4. The summed E-state index contributed by atoms with van der Waals surface area (Å²) in [6.07, 6.45) is 1.20. The predicted octanol–water partition coefficient (Wildman–Crippen LogP) is 0.853. The van der Waals surface area contributed by atoms with Crippen molar-refractivity contribution < 1.29 is 14.6 Å². The molecule has 0 radical (unpaired) electrons. The zero-order valence-corrected chi connectivity index (χ0v) is 4.16. The van der Waals surface area contributed by atoms with Gasteiger partial charge in [-0.2, -0.15) is 0 Å². The van der Waals surface area contributed by atoms with E-state index in [0.29, 0.717) is 0 Å². The molecule has 0 amide bonds. The van der Waals surface area contributed by atoms with Crippen LogP contribution in [-0.2, 0) is 0 Å². The number of hydrogen-bond donors (Lipinski definition) is 3. The summed E-state index contributed by atoms with van der Waals surface area (Å²) in [4.78, 5) is 0. The van der Waals surface area contributed by atoms with E-state index in [9.17, 15) is 0 Å². The highest BCUT2D eigenvalue weighted by atomic mass is 16.5. The second-order valence-electron chi connectivity index (χ2n) is 1.11. The molecule has 8 heavy (non-hydrogen) atoms. The van der Waals surface area contributed by atoms with E-state index in [0.717, 1.165) is 0 Å². The number of aromatic hydroxyl groups is 2. The summed E-state index contributed by atoms with van der Waals surface area (Å²) in [7, 11) is 0. The highest BCUT2D eigenvalue weighted by Crippen LogP contribution is 2.23. The Labute approximate surface area is 45.9 Å². The summed E-state index contributed by atoms with van der Waals surface area (Å²) in [6.45, 7) is 0. The van der Waals surface area contributed by atoms with Gasteiger partial charge in [-0.3, -0.25) is 0 Å². The van der Waals surface area contributed by atoms with Crippen LogP contribution in [0.25, 0.3) is 0 Å². The van der Waals surface area contributed by atoms with Crippen molar-refractivity contribution in [2.24, 2.45) is 0 Å². The Balaban J connectivity index is 0.000000490. The number of furan rings is 1. The second kappa shape index (κ2) is 2.23. The molecular weight excluding hydrogens is 110 g/mol. The van der Waals surface area contributed by atoms with E-state index in [2.05, 4.69) is 4.42 Å². The van der Waals surface area contributed by atoms with Crippen molar-refractivity contribution in [1.29, 1.82) is 0 Å². The van der Waals surface area contributed by atoms with Crippen molar-refractivity contribution in [3.8, 4) is 11.7 Å². The summed E-state index contributed by atoms with van der Waals surface area (Å²) in [5.74, 6) is -0.653. The highest BCUT2D eigenvalue weighted by Gasteiger charge is 1.96. The smallest absolute Gasteiger partial charge is 0.325 e. The van der Waals surface area contributed by atoms with Gasteiger partial charge in [0, 0.05) is 6.07 Å². The highest BCUT2D eigenvalue weighted by molar-refractivity contribution is 5.26. The third kappa shape index (κ3) is 0.913. The Bertz CT molecular complexity index is 144. The van der Waals surface area contributed by atoms with E-state index in [1.165, 1.54) is 12.3 Å². The number of rotatable bonds is 0. The van der Waals surface area contributed by atoms with E-state index >= 15 is 0 Å². The molecule has 0 aliphatic carbocycles. The summed E-state index contributed by atoms with van der Waals surface area (Å²) in [6, 6.07) is 1.26. The van der Waals surface area contributed by atoms with Crippen molar-refractivity contribution in [3.05, 3.63) is 12.3 Å². The monoisotopic (exact) mass is 117 g/mol. The average molecular weight is 117 g/mol. The van der Waals surface area contributed by atoms with Crippen LogP contribution in [0.2, 0.25) is 0 Å². The Kier molecular flexibility index (Phi) is 1.90. The van der Waals surface area contributed by atoms with Gasteiger partial charge < -0.3 is 20.8 Å². The standard InChI is InChI=1S/C4H4O3.H3N/c5-3-1-2-7-4(3)6;/h1-2,5-6H;1H3. The fourth-order valence-electron chi connectivity index (χ4n) is 0.295. The van der Waals surface area contributed by atoms with Crippen LogP contribution in [-0.4, -0.2) is 10.2 Å². The van der Waals surface area contributed by atoms with E-state index in [1.807, 2.05) is 0 Å². The van der Waals surface area contributed by atoms with E-state index in [1.54, 1.807) is 0 Å². The molecule has 5 N–H and O–H groups in total. The lowest BCUT2D eigenvalue weighted by molar-refractivity contribution is 0.306. The Morgan fingerprint density at radius 3 is 2.12 bits per heavy atom. The largest absolute Gasteiger partial charge is 0.502 e. The van der Waals surface area contributed by atoms with Crippen LogP contribution < -0.4 is 6.15 Å². The van der Waals surface area contributed by atoms with Crippen molar-refractivity contribution in [3.63, 3.8) is 0 Å². The first kappa shape index (κ1) is 6.84. The molecule has 0 aliphatic heterocycles. The molecule has 1 aromatic rings. The van der Waals surface area contributed by atoms with E-state index in [-0.39, 0.29) is 11.9 Å². The van der Waals surface area contributed by atoms with Gasteiger partial charge in [-0.25, -0.2) is 0 Å². The summed E-state index contributed by atoms with van der Waals surface area (Å²) in [5.41, 5.74) is 0. The molecule has 0 spiro atoms. The third-order valence-electron chi connectivity index (χ3n) is 0.625. The molecule has 0 atom stereocenters. The Morgan fingerprint density at radius 1 is 1.38 bits per heavy atom. The summed E-state index contributed by atoms with van der Waals surface area (Å²) in [5, 5.41) is 16.8. The van der Waals surface area contributed by atoms with Gasteiger partial charge in [0.05, 0.1) is 6.26 Å². The zero-order chi connectivity index (χ0) is 5.28. The molecule has 46 valence electrons. The van der Waals surface area contributed by atoms with Crippen molar-refractivity contribution in [2.75, 3.05) is 0 Å². The van der Waals surface area contributed by atoms with Crippen LogP contribution in [0, 0.1) is 0 Å². The quantitative estimate of drug-likeness (QED) is 0.470. The van der Waals surface area contributed by atoms with E-state index < -0.39 is 5.95 Å². The predicted molar refractivity (Wildman–Crippen MR) is 27.1 cm³/mol. The van der Waals surface area contributed by atoms with Crippen LogP contribution in [0.15, 0.2) is 16.7 Å². The minimum absolute atomic E-state index is 0. The molecule has 0 saturated carbocycles. The van der Waals surface area contributed by atoms with Crippen molar-refractivity contribution >= 4 is 0 Å². The minimum Gasteiger partial charge on any atom is -0.502 e. The summed E-state index contributed by atoms with van der Waals surface area (Å²) < 4.78 is 4.27. The lowest BCUT2D eigenvalue weighted by Gasteiger charge is -1.77. The topological polar surface area (TPSA) is 88.6 Å². The molecule has 0 aliphatic rings. The molecule has 0 unspecified atom stereocenters. The lowest BCUT2D eigenvalue weighted by atomic mass is 10.6. The van der Waals surface area contributed by atoms with Crippen LogP contribution in [0.5, 0.6) is 11.7 Å². The molecule has 0 bridgehead atoms. The van der Waals surface area contributed by atoms with Gasteiger partial charge in [0.25, 0.3) is 0 Å². The molecule has 1 rings (SSSR count). The lowest BCUT2D eigenvalue weighted by Crippen LogP contribution is -1.50. The third-order valence-corrected chi connectivity index (χ3v) is 0.625. The first-order chi connectivity index (χ1) is 3.30. The molecule has 1 aromatic heterocycles. The Morgan fingerprint density at radius 2 is 2.00 bits per heavy atom. The Hall–Kier alpha value is -1.16. The van der Waals surface area contributed by atoms with Crippen LogP contribution in [0.4, 0.5) is 0 Å². The van der Waals surface area contributed by atoms with Gasteiger partial charge in [-0.15, -0.1) is 0 Å².